The number of hydrogen-bond acceptors (Lipinski definition) is 3. The van der Waals surface area contributed by atoms with Gasteiger partial charge < -0.3 is 5.32 Å². The molecule has 2 aromatic carbocycles. The molecule has 0 saturated heterocycles. The fourth-order valence-corrected chi connectivity index (χ4v) is 4.10. The molecule has 0 saturated carbocycles. The lowest BCUT2D eigenvalue weighted by Crippen LogP contribution is -2.25. The summed E-state index contributed by atoms with van der Waals surface area (Å²) in [5, 5.41) is 3.30. The van der Waals surface area contributed by atoms with Gasteiger partial charge in [-0.1, -0.05) is 33.6 Å². The zero-order valence-electron chi connectivity index (χ0n) is 14.0. The maximum atomic E-state index is 12.4. The Kier molecular flexibility index (Phi) is 6.26. The molecule has 1 amide bonds. The highest BCUT2D eigenvalue weighted by molar-refractivity contribution is 9.10. The quantitative estimate of drug-likeness (QED) is 0.739. The second kappa shape index (κ2) is 7.86. The fourth-order valence-electron chi connectivity index (χ4n) is 2.29. The van der Waals surface area contributed by atoms with Crippen LogP contribution in [0.3, 0.4) is 0 Å². The zero-order chi connectivity index (χ0) is 18.8. The van der Waals surface area contributed by atoms with Gasteiger partial charge in [0, 0.05) is 21.6 Å². The van der Waals surface area contributed by atoms with Gasteiger partial charge in [-0.2, -0.15) is 0 Å². The number of rotatable bonds is 5. The molecular formula is C17H18BrClN2O3S. The van der Waals surface area contributed by atoms with Crippen molar-refractivity contribution in [2.75, 3.05) is 7.05 Å². The van der Waals surface area contributed by atoms with Crippen LogP contribution >= 0.6 is 27.5 Å². The Hall–Kier alpha value is -1.41. The summed E-state index contributed by atoms with van der Waals surface area (Å²) in [4.78, 5) is 12.5. The third-order valence-electron chi connectivity index (χ3n) is 3.89. The van der Waals surface area contributed by atoms with Gasteiger partial charge in [-0.25, -0.2) is 13.1 Å². The van der Waals surface area contributed by atoms with E-state index in [9.17, 15) is 13.2 Å². The predicted molar refractivity (Wildman–Crippen MR) is 102 cm³/mol. The molecule has 0 unspecified atom stereocenters. The van der Waals surface area contributed by atoms with E-state index in [0.717, 1.165) is 15.6 Å². The number of hydrogen-bond donors (Lipinski definition) is 2. The highest BCUT2D eigenvalue weighted by Crippen LogP contribution is 2.23. The van der Waals surface area contributed by atoms with Crippen molar-refractivity contribution in [1.82, 2.24) is 10.0 Å². The van der Waals surface area contributed by atoms with E-state index in [1.807, 2.05) is 12.1 Å². The average molecular weight is 446 g/mol. The number of carbonyl (C=O) groups excluding carboxylic acids is 1. The smallest absolute Gasteiger partial charge is 0.251 e. The minimum atomic E-state index is -3.64. The Balaban J connectivity index is 2.28. The molecule has 0 aliphatic heterocycles. The second-order valence-corrected chi connectivity index (χ2v) is 8.72. The summed E-state index contributed by atoms with van der Waals surface area (Å²) < 4.78 is 27.4. The molecule has 0 atom stereocenters. The summed E-state index contributed by atoms with van der Waals surface area (Å²) in [5.41, 5.74) is 2.39. The predicted octanol–water partition coefficient (Wildman–Crippen LogP) is 3.56. The van der Waals surface area contributed by atoms with E-state index in [0.29, 0.717) is 10.6 Å². The number of halogens is 2. The maximum absolute atomic E-state index is 12.4. The molecule has 2 N–H and O–H groups in total. The van der Waals surface area contributed by atoms with Crippen LogP contribution in [0, 0.1) is 13.8 Å². The first-order valence-corrected chi connectivity index (χ1v) is 10.1. The minimum absolute atomic E-state index is 0.0989. The molecule has 0 radical (unpaired) electrons. The van der Waals surface area contributed by atoms with Crippen LogP contribution in [0.15, 0.2) is 39.7 Å². The van der Waals surface area contributed by atoms with E-state index in [-0.39, 0.29) is 22.9 Å². The van der Waals surface area contributed by atoms with Gasteiger partial charge in [0.1, 0.15) is 0 Å². The van der Waals surface area contributed by atoms with Crippen molar-refractivity contribution in [3.63, 3.8) is 0 Å². The van der Waals surface area contributed by atoms with Crippen LogP contribution in [-0.4, -0.2) is 21.4 Å². The van der Waals surface area contributed by atoms with Crippen molar-refractivity contribution < 1.29 is 13.2 Å². The normalized spacial score (nSPS) is 11.4. The van der Waals surface area contributed by atoms with Crippen molar-refractivity contribution in [2.45, 2.75) is 25.3 Å². The maximum Gasteiger partial charge on any atom is 0.251 e. The summed E-state index contributed by atoms with van der Waals surface area (Å²) in [6.07, 6.45) is 0. The largest absolute Gasteiger partial charge is 0.348 e. The number of nitrogens with one attached hydrogen (secondary N) is 2. The van der Waals surface area contributed by atoms with Crippen LogP contribution in [0.5, 0.6) is 0 Å². The van der Waals surface area contributed by atoms with Crippen molar-refractivity contribution in [3.05, 3.63) is 62.1 Å². The highest BCUT2D eigenvalue weighted by atomic mass is 79.9. The summed E-state index contributed by atoms with van der Waals surface area (Å²) in [7, 11) is -2.30. The van der Waals surface area contributed by atoms with Gasteiger partial charge in [0.25, 0.3) is 5.91 Å². The van der Waals surface area contributed by atoms with Crippen LogP contribution in [-0.2, 0) is 16.6 Å². The third kappa shape index (κ3) is 4.61. The molecule has 0 spiro atoms. The molecule has 0 heterocycles. The summed E-state index contributed by atoms with van der Waals surface area (Å²) in [5.74, 6) is -0.366. The van der Waals surface area contributed by atoms with Gasteiger partial charge >= 0.3 is 0 Å². The molecule has 5 nitrogen and oxygen atoms in total. The number of sulfonamides is 1. The lowest BCUT2D eigenvalue weighted by Gasteiger charge is -2.13. The van der Waals surface area contributed by atoms with Crippen molar-refractivity contribution in [2.24, 2.45) is 0 Å². The number of aryl methyl sites for hydroxylation is 1. The second-order valence-electron chi connectivity index (χ2n) is 5.54. The minimum Gasteiger partial charge on any atom is -0.348 e. The van der Waals surface area contributed by atoms with E-state index >= 15 is 0 Å². The Labute approximate surface area is 161 Å². The van der Waals surface area contributed by atoms with Gasteiger partial charge in [0.2, 0.25) is 10.0 Å². The van der Waals surface area contributed by atoms with Crippen molar-refractivity contribution >= 4 is 43.5 Å². The Morgan fingerprint density at radius 1 is 1.20 bits per heavy atom. The van der Waals surface area contributed by atoms with Gasteiger partial charge in [-0.15, -0.1) is 0 Å². The molecule has 25 heavy (non-hydrogen) atoms. The number of amides is 1. The lowest BCUT2D eigenvalue weighted by molar-refractivity contribution is 0.0950. The average Bonchev–Trinajstić information content (AvgIpc) is 2.55. The first-order chi connectivity index (χ1) is 11.7. The zero-order valence-corrected chi connectivity index (χ0v) is 17.1. The standard InChI is InChI=1S/C17H18BrClN2O3S/c1-10-6-13(7-16(11(10)2)25(23,24)20-3)17(22)21-9-12-4-5-14(18)8-15(12)19/h4-8,20H,9H2,1-3H3,(H,21,22). The van der Waals surface area contributed by atoms with E-state index in [2.05, 4.69) is 26.0 Å². The van der Waals surface area contributed by atoms with Crippen LogP contribution < -0.4 is 10.0 Å². The van der Waals surface area contributed by atoms with E-state index in [1.54, 1.807) is 26.0 Å². The third-order valence-corrected chi connectivity index (χ3v) is 6.28. The van der Waals surface area contributed by atoms with Crippen LogP contribution in [0.1, 0.15) is 27.0 Å². The molecule has 0 aromatic heterocycles. The number of carbonyl (C=O) groups is 1. The molecule has 0 aliphatic carbocycles. The van der Waals surface area contributed by atoms with E-state index in [1.165, 1.54) is 13.1 Å². The molecular weight excluding hydrogens is 428 g/mol. The van der Waals surface area contributed by atoms with Gasteiger partial charge in [0.15, 0.2) is 0 Å². The Morgan fingerprint density at radius 2 is 1.88 bits per heavy atom. The molecule has 2 rings (SSSR count). The fraction of sp³-hybridized carbons (Fsp3) is 0.235. The Bertz CT molecular complexity index is 930. The molecule has 0 fully saturated rings. The van der Waals surface area contributed by atoms with Crippen molar-refractivity contribution in [1.29, 1.82) is 0 Å². The van der Waals surface area contributed by atoms with Crippen LogP contribution in [0.25, 0.3) is 0 Å². The topological polar surface area (TPSA) is 75.3 Å². The van der Waals surface area contributed by atoms with Gasteiger partial charge in [-0.05, 0) is 61.9 Å². The molecule has 2 aromatic rings. The lowest BCUT2D eigenvalue weighted by atomic mass is 10.1. The molecule has 8 heteroatoms. The van der Waals surface area contributed by atoms with E-state index < -0.39 is 10.0 Å². The summed E-state index contributed by atoms with van der Waals surface area (Å²) in [6.45, 7) is 3.72. The first-order valence-electron chi connectivity index (χ1n) is 7.42. The summed E-state index contributed by atoms with van der Waals surface area (Å²) >= 11 is 9.47. The first kappa shape index (κ1) is 19.9. The molecule has 134 valence electrons. The molecule has 0 bridgehead atoms. The summed E-state index contributed by atoms with van der Waals surface area (Å²) in [6, 6.07) is 8.44. The van der Waals surface area contributed by atoms with Crippen LogP contribution in [0.4, 0.5) is 0 Å². The van der Waals surface area contributed by atoms with E-state index in [4.69, 9.17) is 11.6 Å². The molecule has 0 aliphatic rings. The number of benzene rings is 2. The highest BCUT2D eigenvalue weighted by Gasteiger charge is 2.19. The van der Waals surface area contributed by atoms with Gasteiger partial charge in [0.05, 0.1) is 4.90 Å². The van der Waals surface area contributed by atoms with Crippen molar-refractivity contribution in [3.8, 4) is 0 Å². The SMILES string of the molecule is CNS(=O)(=O)c1cc(C(=O)NCc2ccc(Br)cc2Cl)cc(C)c1C. The Morgan fingerprint density at radius 3 is 2.48 bits per heavy atom. The van der Waals surface area contributed by atoms with Crippen LogP contribution in [0.2, 0.25) is 5.02 Å². The van der Waals surface area contributed by atoms with Gasteiger partial charge in [-0.3, -0.25) is 4.79 Å². The monoisotopic (exact) mass is 444 g/mol.